The highest BCUT2D eigenvalue weighted by Gasteiger charge is 1.93. The van der Waals surface area contributed by atoms with Gasteiger partial charge in [0.25, 0.3) is 0 Å². The average Bonchev–Trinajstić information content (AvgIpc) is 1.94. The van der Waals surface area contributed by atoms with Gasteiger partial charge in [0, 0.05) is 0 Å². The van der Waals surface area contributed by atoms with Gasteiger partial charge in [0.2, 0.25) is 0 Å². The quantitative estimate of drug-likeness (QED) is 0.471. The van der Waals surface area contributed by atoms with Gasteiger partial charge in [-0.3, -0.25) is 0 Å². The summed E-state index contributed by atoms with van der Waals surface area (Å²) in [6, 6.07) is 0. The first-order chi connectivity index (χ1) is 3.89. The molecule has 0 aromatic rings. The molecule has 0 N–H and O–H groups in total. The fourth-order valence-electron chi connectivity index (χ4n) is 0.435. The van der Waals surface area contributed by atoms with Crippen molar-refractivity contribution in [2.24, 2.45) is 0 Å². The number of ether oxygens (including phenoxy) is 2. The lowest BCUT2D eigenvalue weighted by Gasteiger charge is -1.99. The predicted molar refractivity (Wildman–Crippen MR) is 29.9 cm³/mol. The predicted octanol–water partition coefficient (Wildman–Crippen LogP) is 1.41. The maximum atomic E-state index is 5.01. The lowest BCUT2D eigenvalue weighted by Crippen LogP contribution is -1.96. The van der Waals surface area contributed by atoms with Crippen LogP contribution in [0.4, 0.5) is 0 Å². The highest BCUT2D eigenvalue weighted by molar-refractivity contribution is 4.87. The molecule has 0 radical (unpaired) electrons. The second kappa shape index (κ2) is 2.40. The van der Waals surface area contributed by atoms with E-state index in [-0.39, 0.29) is 6.10 Å². The van der Waals surface area contributed by atoms with Crippen molar-refractivity contribution >= 4 is 0 Å². The van der Waals surface area contributed by atoms with Crippen molar-refractivity contribution in [3.05, 3.63) is 24.9 Å². The standard InChI is InChI=1S/C6H8O2/c1-6-2-3-7-4-5-8-6/h2-6H,1H3. The zero-order valence-corrected chi connectivity index (χ0v) is 4.70. The van der Waals surface area contributed by atoms with Crippen LogP contribution in [0.15, 0.2) is 24.9 Å². The maximum absolute atomic E-state index is 5.01. The van der Waals surface area contributed by atoms with Crippen molar-refractivity contribution in [1.82, 2.24) is 0 Å². The summed E-state index contributed by atoms with van der Waals surface area (Å²) < 4.78 is 9.79. The highest BCUT2D eigenvalue weighted by atomic mass is 16.5. The summed E-state index contributed by atoms with van der Waals surface area (Å²) in [6.45, 7) is 1.94. The summed E-state index contributed by atoms with van der Waals surface area (Å²) in [5, 5.41) is 0. The van der Waals surface area contributed by atoms with Crippen LogP contribution in [-0.2, 0) is 9.47 Å². The molecule has 2 nitrogen and oxygen atoms in total. The van der Waals surface area contributed by atoms with E-state index in [0.29, 0.717) is 0 Å². The highest BCUT2D eigenvalue weighted by Crippen LogP contribution is 1.98. The fraction of sp³-hybridized carbons (Fsp3) is 0.333. The zero-order valence-electron chi connectivity index (χ0n) is 4.70. The fourth-order valence-corrected chi connectivity index (χ4v) is 0.435. The Hall–Kier alpha value is -0.920. The summed E-state index contributed by atoms with van der Waals surface area (Å²) in [5.74, 6) is 0. The molecule has 1 atom stereocenters. The summed E-state index contributed by atoms with van der Waals surface area (Å²) >= 11 is 0. The molecule has 0 spiro atoms. The van der Waals surface area contributed by atoms with E-state index in [0.717, 1.165) is 0 Å². The van der Waals surface area contributed by atoms with Crippen LogP contribution in [0.5, 0.6) is 0 Å². The Morgan fingerprint density at radius 1 is 1.25 bits per heavy atom. The SMILES string of the molecule is CC1C=COC=CO1. The average molecular weight is 112 g/mol. The Balaban J connectivity index is 2.48. The molecule has 44 valence electrons. The summed E-state index contributed by atoms with van der Waals surface area (Å²) in [4.78, 5) is 0. The molecule has 8 heavy (non-hydrogen) atoms. The van der Waals surface area contributed by atoms with E-state index in [1.165, 1.54) is 12.5 Å². The van der Waals surface area contributed by atoms with Gasteiger partial charge in [-0.1, -0.05) is 0 Å². The minimum atomic E-state index is 0.133. The minimum absolute atomic E-state index is 0.133. The van der Waals surface area contributed by atoms with E-state index >= 15 is 0 Å². The van der Waals surface area contributed by atoms with Crippen molar-refractivity contribution in [1.29, 1.82) is 0 Å². The molecule has 0 aliphatic carbocycles. The molecular weight excluding hydrogens is 104 g/mol. The first-order valence-corrected chi connectivity index (χ1v) is 2.52. The summed E-state index contributed by atoms with van der Waals surface area (Å²) in [7, 11) is 0. The van der Waals surface area contributed by atoms with Crippen molar-refractivity contribution in [3.8, 4) is 0 Å². The van der Waals surface area contributed by atoms with E-state index in [1.807, 2.05) is 13.0 Å². The first-order valence-electron chi connectivity index (χ1n) is 2.52. The van der Waals surface area contributed by atoms with Crippen molar-refractivity contribution in [2.75, 3.05) is 0 Å². The molecule has 0 aromatic heterocycles. The molecule has 0 saturated carbocycles. The molecule has 0 fully saturated rings. The first kappa shape index (κ1) is 5.22. The number of rotatable bonds is 0. The van der Waals surface area contributed by atoms with Crippen LogP contribution in [0.2, 0.25) is 0 Å². The molecule has 1 aliphatic heterocycles. The Morgan fingerprint density at radius 2 is 2.12 bits per heavy atom. The van der Waals surface area contributed by atoms with Gasteiger partial charge < -0.3 is 9.47 Å². The number of hydrogen-bond acceptors (Lipinski definition) is 2. The van der Waals surface area contributed by atoms with E-state index in [4.69, 9.17) is 9.47 Å². The monoisotopic (exact) mass is 112 g/mol. The van der Waals surface area contributed by atoms with Crippen LogP contribution < -0.4 is 0 Å². The molecule has 1 heterocycles. The van der Waals surface area contributed by atoms with Crippen LogP contribution in [0.25, 0.3) is 0 Å². The maximum Gasteiger partial charge on any atom is 0.125 e. The molecule has 0 saturated heterocycles. The third-order valence-electron chi connectivity index (χ3n) is 0.855. The lowest BCUT2D eigenvalue weighted by atomic mass is 10.4. The largest absolute Gasteiger partial charge is 0.491 e. The second-order valence-corrected chi connectivity index (χ2v) is 1.58. The summed E-state index contributed by atoms with van der Waals surface area (Å²) in [5.41, 5.74) is 0. The van der Waals surface area contributed by atoms with Crippen molar-refractivity contribution in [3.63, 3.8) is 0 Å². The van der Waals surface area contributed by atoms with Crippen molar-refractivity contribution in [2.45, 2.75) is 13.0 Å². The third-order valence-corrected chi connectivity index (χ3v) is 0.855. The van der Waals surface area contributed by atoms with Gasteiger partial charge in [-0.25, -0.2) is 0 Å². The molecule has 1 unspecified atom stereocenters. The molecule has 0 amide bonds. The Bertz CT molecular complexity index is 116. The van der Waals surface area contributed by atoms with Gasteiger partial charge in [-0.2, -0.15) is 0 Å². The lowest BCUT2D eigenvalue weighted by molar-refractivity contribution is 0.203. The Kier molecular flexibility index (Phi) is 1.57. The Labute approximate surface area is 48.4 Å². The van der Waals surface area contributed by atoms with Gasteiger partial charge in [0.15, 0.2) is 0 Å². The van der Waals surface area contributed by atoms with E-state index < -0.39 is 0 Å². The van der Waals surface area contributed by atoms with Crippen LogP contribution in [0.3, 0.4) is 0 Å². The van der Waals surface area contributed by atoms with Crippen LogP contribution in [0, 0.1) is 0 Å². The molecular formula is C6H8O2. The van der Waals surface area contributed by atoms with Gasteiger partial charge in [-0.15, -0.1) is 0 Å². The normalized spacial score (nSPS) is 25.9. The van der Waals surface area contributed by atoms with Crippen LogP contribution in [0.1, 0.15) is 6.92 Å². The van der Waals surface area contributed by atoms with E-state index in [9.17, 15) is 0 Å². The zero-order chi connectivity index (χ0) is 5.82. The molecule has 1 rings (SSSR count). The molecule has 2 heteroatoms. The van der Waals surface area contributed by atoms with Gasteiger partial charge >= 0.3 is 0 Å². The van der Waals surface area contributed by atoms with Crippen molar-refractivity contribution < 1.29 is 9.47 Å². The molecule has 1 aliphatic rings. The van der Waals surface area contributed by atoms with Crippen LogP contribution in [-0.4, -0.2) is 6.10 Å². The second-order valence-electron chi connectivity index (χ2n) is 1.58. The molecule has 0 bridgehead atoms. The third kappa shape index (κ3) is 1.30. The van der Waals surface area contributed by atoms with Gasteiger partial charge in [0.1, 0.15) is 18.6 Å². The van der Waals surface area contributed by atoms with E-state index in [1.54, 1.807) is 6.26 Å². The number of hydrogen-bond donors (Lipinski definition) is 0. The minimum Gasteiger partial charge on any atom is -0.491 e. The Morgan fingerprint density at radius 3 is 3.00 bits per heavy atom. The van der Waals surface area contributed by atoms with E-state index in [2.05, 4.69) is 0 Å². The van der Waals surface area contributed by atoms with Gasteiger partial charge in [0.05, 0.1) is 6.26 Å². The smallest absolute Gasteiger partial charge is 0.125 e. The van der Waals surface area contributed by atoms with Gasteiger partial charge in [-0.05, 0) is 13.0 Å². The molecule has 0 aromatic carbocycles. The topological polar surface area (TPSA) is 18.5 Å². The summed E-state index contributed by atoms with van der Waals surface area (Å²) in [6.07, 6.45) is 6.60. The van der Waals surface area contributed by atoms with Crippen LogP contribution >= 0.6 is 0 Å².